The summed E-state index contributed by atoms with van der Waals surface area (Å²) < 4.78 is 0. The Morgan fingerprint density at radius 2 is 0.256 bits per heavy atom. The van der Waals surface area contributed by atoms with Crippen LogP contribution in [0.25, 0.3) is 0 Å². The lowest BCUT2D eigenvalue weighted by molar-refractivity contribution is 0.504. The van der Waals surface area contributed by atoms with Crippen LogP contribution in [0.5, 0.6) is 0 Å². The van der Waals surface area contributed by atoms with E-state index in [2.05, 4.69) is 13.8 Å². The molecule has 0 unspecified atom stereocenters. The van der Waals surface area contributed by atoms with Gasteiger partial charge in [-0.25, -0.2) is 0 Å². The van der Waals surface area contributed by atoms with E-state index in [1.807, 2.05) is 0 Å². The molecule has 3 aliphatic rings. The first kappa shape index (κ1) is 43.0. The molecule has 43 heavy (non-hydrogen) atoms. The number of hydrogen-bond acceptors (Lipinski definition) is 0. The van der Waals surface area contributed by atoms with E-state index in [1.165, 1.54) is 263 Å². The lowest BCUT2D eigenvalue weighted by atomic mass is 10.0. The normalized spacial score (nSPS) is 20.0. The molecule has 0 aromatic rings. The van der Waals surface area contributed by atoms with Crippen molar-refractivity contribution in [3.8, 4) is 0 Å². The van der Waals surface area contributed by atoms with Gasteiger partial charge in [0.25, 0.3) is 0 Å². The maximum Gasteiger partial charge on any atom is -0.0533 e. The molecular weight excluding hydrogens is 516 g/mol. The van der Waals surface area contributed by atoms with Crippen LogP contribution in [0.1, 0.15) is 277 Å². The Bertz CT molecular complexity index is 282. The first-order valence-electron chi connectivity index (χ1n) is 21.4. The van der Waals surface area contributed by atoms with E-state index in [-0.39, 0.29) is 0 Å². The standard InChI is InChI=1S/C13H28.3C10H20/c1-3-5-7-9-11-13-12-10-8-6-4-2;3*1-2-4-6-8-10-9-7-5-3-1/h3-13H2,1-2H3;3*1-10H2. The Labute approximate surface area is 276 Å². The van der Waals surface area contributed by atoms with E-state index < -0.39 is 0 Å². The van der Waals surface area contributed by atoms with Gasteiger partial charge in [-0.15, -0.1) is 0 Å². The van der Waals surface area contributed by atoms with Crippen molar-refractivity contribution in [1.82, 2.24) is 0 Å². The Kier molecular flexibility index (Phi) is 42.0. The SMILES string of the molecule is C1CCCCCCCCC1.C1CCCCCCCCC1.C1CCCCCCCCC1.CCCCCCCCCCCCC. The van der Waals surface area contributed by atoms with E-state index in [0.717, 1.165) is 0 Å². The zero-order valence-electron chi connectivity index (χ0n) is 31.0. The summed E-state index contributed by atoms with van der Waals surface area (Å²) in [5.41, 5.74) is 0. The summed E-state index contributed by atoms with van der Waals surface area (Å²) in [5, 5.41) is 0. The van der Waals surface area contributed by atoms with Crippen molar-refractivity contribution < 1.29 is 0 Å². The Morgan fingerprint density at radius 3 is 0.349 bits per heavy atom. The lowest BCUT2D eigenvalue weighted by Crippen LogP contribution is -1.85. The monoisotopic (exact) mass is 605 g/mol. The van der Waals surface area contributed by atoms with Gasteiger partial charge < -0.3 is 0 Å². The molecule has 0 saturated heterocycles. The summed E-state index contributed by atoms with van der Waals surface area (Å²) in [6.07, 6.45) is 60.9. The highest BCUT2D eigenvalue weighted by Crippen LogP contribution is 2.18. The largest absolute Gasteiger partial charge is 0.0654 e. The molecule has 260 valence electrons. The second kappa shape index (κ2) is 42.0. The average Bonchev–Trinajstić information content (AvgIpc) is 3.06. The molecule has 0 aromatic carbocycles. The molecule has 0 atom stereocenters. The number of unbranched alkanes of at least 4 members (excludes halogenated alkanes) is 10. The highest BCUT2D eigenvalue weighted by molar-refractivity contribution is 4.53. The van der Waals surface area contributed by atoms with Crippen molar-refractivity contribution in [1.29, 1.82) is 0 Å². The zero-order valence-corrected chi connectivity index (χ0v) is 31.0. The van der Waals surface area contributed by atoms with Crippen molar-refractivity contribution in [3.63, 3.8) is 0 Å². The molecule has 0 amide bonds. The van der Waals surface area contributed by atoms with Gasteiger partial charge in [0.2, 0.25) is 0 Å². The van der Waals surface area contributed by atoms with Crippen LogP contribution >= 0.6 is 0 Å². The smallest absolute Gasteiger partial charge is 0.0533 e. The molecule has 0 heteroatoms. The van der Waals surface area contributed by atoms with Gasteiger partial charge in [-0.05, 0) is 0 Å². The second-order valence-electron chi connectivity index (χ2n) is 14.8. The molecule has 0 radical (unpaired) electrons. The zero-order chi connectivity index (χ0) is 31.0. The van der Waals surface area contributed by atoms with E-state index in [0.29, 0.717) is 0 Å². The molecule has 3 aliphatic carbocycles. The molecule has 3 saturated carbocycles. The molecule has 3 fully saturated rings. The fourth-order valence-electron chi connectivity index (χ4n) is 7.04. The van der Waals surface area contributed by atoms with Crippen LogP contribution in [-0.2, 0) is 0 Å². The summed E-state index contributed by atoms with van der Waals surface area (Å²) in [5.74, 6) is 0. The summed E-state index contributed by atoms with van der Waals surface area (Å²) in [7, 11) is 0. The lowest BCUT2D eigenvalue weighted by Gasteiger charge is -2.05. The molecule has 0 heterocycles. The maximum absolute atomic E-state index is 2.28. The first-order chi connectivity index (χ1) is 21.4. The number of rotatable bonds is 10. The van der Waals surface area contributed by atoms with Gasteiger partial charge in [-0.3, -0.25) is 0 Å². The maximum atomic E-state index is 2.28. The fraction of sp³-hybridized carbons (Fsp3) is 1.00. The highest BCUT2D eigenvalue weighted by atomic mass is 14.0. The topological polar surface area (TPSA) is 0 Å². The van der Waals surface area contributed by atoms with Crippen LogP contribution in [0.15, 0.2) is 0 Å². The van der Waals surface area contributed by atoms with Crippen molar-refractivity contribution >= 4 is 0 Å². The molecule has 0 aliphatic heterocycles. The first-order valence-corrected chi connectivity index (χ1v) is 21.4. The average molecular weight is 605 g/mol. The molecule has 0 nitrogen and oxygen atoms in total. The van der Waals surface area contributed by atoms with Crippen LogP contribution < -0.4 is 0 Å². The third kappa shape index (κ3) is 42.0. The van der Waals surface area contributed by atoms with Gasteiger partial charge in [0, 0.05) is 0 Å². The Balaban J connectivity index is 0.000000550. The summed E-state index contributed by atoms with van der Waals surface area (Å²) in [6, 6.07) is 0. The molecule has 0 N–H and O–H groups in total. The van der Waals surface area contributed by atoms with E-state index in [4.69, 9.17) is 0 Å². The second-order valence-corrected chi connectivity index (χ2v) is 14.8. The molecule has 3 rings (SSSR count). The highest BCUT2D eigenvalue weighted by Gasteiger charge is 1.98. The summed E-state index contributed by atoms with van der Waals surface area (Å²) in [6.45, 7) is 4.56. The Hall–Kier alpha value is 0. The third-order valence-corrected chi connectivity index (χ3v) is 10.2. The molecular formula is C43H88. The Morgan fingerprint density at radius 1 is 0.163 bits per heavy atom. The van der Waals surface area contributed by atoms with Crippen LogP contribution in [0.4, 0.5) is 0 Å². The van der Waals surface area contributed by atoms with Crippen LogP contribution in [0, 0.1) is 0 Å². The third-order valence-electron chi connectivity index (χ3n) is 10.2. The van der Waals surface area contributed by atoms with Crippen LogP contribution in [-0.4, -0.2) is 0 Å². The summed E-state index contributed by atoms with van der Waals surface area (Å²) in [4.78, 5) is 0. The van der Waals surface area contributed by atoms with Crippen molar-refractivity contribution in [2.24, 2.45) is 0 Å². The summed E-state index contributed by atoms with van der Waals surface area (Å²) >= 11 is 0. The minimum Gasteiger partial charge on any atom is -0.0654 e. The van der Waals surface area contributed by atoms with Crippen LogP contribution in [0.2, 0.25) is 0 Å². The van der Waals surface area contributed by atoms with E-state index in [9.17, 15) is 0 Å². The van der Waals surface area contributed by atoms with Gasteiger partial charge in [0.05, 0.1) is 0 Å². The van der Waals surface area contributed by atoms with E-state index in [1.54, 1.807) is 0 Å². The predicted octanol–water partition coefficient (Wildman–Crippen LogP) is 17.0. The van der Waals surface area contributed by atoms with Crippen molar-refractivity contribution in [2.75, 3.05) is 0 Å². The minimum absolute atomic E-state index is 1.37. The minimum atomic E-state index is 1.37. The van der Waals surface area contributed by atoms with Crippen molar-refractivity contribution in [3.05, 3.63) is 0 Å². The van der Waals surface area contributed by atoms with Gasteiger partial charge in [-0.1, -0.05) is 277 Å². The van der Waals surface area contributed by atoms with Gasteiger partial charge in [0.1, 0.15) is 0 Å². The number of hydrogen-bond donors (Lipinski definition) is 0. The quantitative estimate of drug-likeness (QED) is 0.218. The molecule has 0 spiro atoms. The van der Waals surface area contributed by atoms with Gasteiger partial charge >= 0.3 is 0 Å². The van der Waals surface area contributed by atoms with Crippen LogP contribution in [0.3, 0.4) is 0 Å². The molecule has 0 aromatic heterocycles. The molecule has 0 bridgehead atoms. The van der Waals surface area contributed by atoms with Gasteiger partial charge in [0.15, 0.2) is 0 Å². The predicted molar refractivity (Wildman–Crippen MR) is 201 cm³/mol. The fourth-order valence-corrected chi connectivity index (χ4v) is 7.04. The van der Waals surface area contributed by atoms with Crippen molar-refractivity contribution in [2.45, 2.75) is 277 Å². The van der Waals surface area contributed by atoms with Gasteiger partial charge in [-0.2, -0.15) is 0 Å². The van der Waals surface area contributed by atoms with E-state index >= 15 is 0 Å².